The summed E-state index contributed by atoms with van der Waals surface area (Å²) in [4.78, 5) is 16.9. The van der Waals surface area contributed by atoms with E-state index < -0.39 is 0 Å². The van der Waals surface area contributed by atoms with Crippen molar-refractivity contribution in [2.75, 3.05) is 32.9 Å². The van der Waals surface area contributed by atoms with Crippen LogP contribution in [0.2, 0.25) is 0 Å². The highest BCUT2D eigenvalue weighted by molar-refractivity contribution is 5.77. The average Bonchev–Trinajstić information content (AvgIpc) is 3.32. The molecular weight excluding hydrogens is 267 g/mol. The molecule has 21 heavy (non-hydrogen) atoms. The molecule has 2 saturated heterocycles. The molecule has 1 aliphatic carbocycles. The summed E-state index contributed by atoms with van der Waals surface area (Å²) in [5.41, 5.74) is 0.356. The van der Waals surface area contributed by atoms with Gasteiger partial charge in [-0.1, -0.05) is 0 Å². The number of halogens is 1. The number of rotatable bonds is 6. The lowest BCUT2D eigenvalue weighted by molar-refractivity contribution is -0.140. The van der Waals surface area contributed by atoms with Crippen molar-refractivity contribution < 1.29 is 9.18 Å². The van der Waals surface area contributed by atoms with Crippen molar-refractivity contribution in [1.29, 1.82) is 0 Å². The predicted octanol–water partition coefficient (Wildman–Crippen LogP) is 2.99. The SMILES string of the molecule is O=C1CC[C@@]2(CCCN(CCCCCF)C2)CN1C1CC1. The molecule has 0 N–H and O–H groups in total. The normalized spacial score (nSPS) is 31.1. The van der Waals surface area contributed by atoms with Crippen LogP contribution in [0.4, 0.5) is 4.39 Å². The molecule has 2 heterocycles. The van der Waals surface area contributed by atoms with Crippen LogP contribution < -0.4 is 0 Å². The Hall–Kier alpha value is -0.640. The third kappa shape index (κ3) is 3.77. The van der Waals surface area contributed by atoms with Crippen LogP contribution in [-0.2, 0) is 4.79 Å². The van der Waals surface area contributed by atoms with E-state index in [9.17, 15) is 9.18 Å². The number of amides is 1. The van der Waals surface area contributed by atoms with E-state index >= 15 is 0 Å². The van der Waals surface area contributed by atoms with Gasteiger partial charge < -0.3 is 9.80 Å². The van der Waals surface area contributed by atoms with E-state index in [2.05, 4.69) is 9.80 Å². The summed E-state index contributed by atoms with van der Waals surface area (Å²) in [6.07, 6.45) is 9.65. The van der Waals surface area contributed by atoms with E-state index in [0.717, 1.165) is 45.3 Å². The topological polar surface area (TPSA) is 23.6 Å². The molecule has 1 saturated carbocycles. The van der Waals surface area contributed by atoms with Crippen LogP contribution in [0.25, 0.3) is 0 Å². The maximum atomic E-state index is 12.2. The van der Waals surface area contributed by atoms with Gasteiger partial charge in [0.2, 0.25) is 5.91 Å². The third-order valence-electron chi connectivity index (χ3n) is 5.53. The molecule has 3 rings (SSSR count). The Balaban J connectivity index is 1.53. The molecule has 1 atom stereocenters. The maximum Gasteiger partial charge on any atom is 0.222 e. The van der Waals surface area contributed by atoms with E-state index in [1.54, 1.807) is 0 Å². The average molecular weight is 296 g/mol. The molecule has 2 aliphatic heterocycles. The minimum atomic E-state index is -0.178. The lowest BCUT2D eigenvalue weighted by atomic mass is 9.73. The minimum Gasteiger partial charge on any atom is -0.339 e. The number of hydrogen-bond acceptors (Lipinski definition) is 2. The van der Waals surface area contributed by atoms with Crippen LogP contribution in [0.5, 0.6) is 0 Å². The summed E-state index contributed by atoms with van der Waals surface area (Å²) in [5, 5.41) is 0. The zero-order chi connectivity index (χ0) is 14.7. The van der Waals surface area contributed by atoms with Gasteiger partial charge in [-0.25, -0.2) is 0 Å². The first-order valence-corrected chi connectivity index (χ1v) is 8.80. The van der Waals surface area contributed by atoms with Crippen LogP contribution >= 0.6 is 0 Å². The molecule has 0 aromatic carbocycles. The first-order valence-electron chi connectivity index (χ1n) is 8.80. The Morgan fingerprint density at radius 2 is 2.00 bits per heavy atom. The highest BCUT2D eigenvalue weighted by Crippen LogP contribution is 2.42. The Morgan fingerprint density at radius 3 is 2.76 bits per heavy atom. The number of carbonyl (C=O) groups is 1. The van der Waals surface area contributed by atoms with Gasteiger partial charge in [-0.2, -0.15) is 0 Å². The summed E-state index contributed by atoms with van der Waals surface area (Å²) in [6.45, 7) is 4.27. The molecule has 120 valence electrons. The first-order chi connectivity index (χ1) is 10.2. The molecule has 3 fully saturated rings. The second-order valence-electron chi connectivity index (χ2n) is 7.38. The fraction of sp³-hybridized carbons (Fsp3) is 0.941. The summed E-state index contributed by atoms with van der Waals surface area (Å²) >= 11 is 0. The molecular formula is C17H29FN2O. The standard InChI is InChI=1S/C17H29FN2O/c18-10-2-1-3-11-19-12-4-8-17(13-19)9-7-16(21)20(14-17)15-5-6-15/h15H,1-14H2/t17-/m1/s1. The lowest BCUT2D eigenvalue weighted by Gasteiger charge is -2.48. The summed E-state index contributed by atoms with van der Waals surface area (Å²) in [5.74, 6) is 0.392. The van der Waals surface area contributed by atoms with Crippen LogP contribution in [-0.4, -0.2) is 54.6 Å². The number of piperidine rings is 2. The highest BCUT2D eigenvalue weighted by atomic mass is 19.1. The minimum absolute atomic E-state index is 0.178. The number of likely N-dealkylation sites (tertiary alicyclic amines) is 2. The van der Waals surface area contributed by atoms with Gasteiger partial charge in [0, 0.05) is 31.0 Å². The van der Waals surface area contributed by atoms with Gasteiger partial charge in [-0.05, 0) is 64.5 Å². The Labute approximate surface area is 127 Å². The van der Waals surface area contributed by atoms with Crippen molar-refractivity contribution in [3.05, 3.63) is 0 Å². The van der Waals surface area contributed by atoms with E-state index in [4.69, 9.17) is 0 Å². The zero-order valence-electron chi connectivity index (χ0n) is 13.2. The quantitative estimate of drug-likeness (QED) is 0.704. The molecule has 0 bridgehead atoms. The van der Waals surface area contributed by atoms with Gasteiger partial charge in [-0.3, -0.25) is 9.18 Å². The van der Waals surface area contributed by atoms with E-state index in [-0.39, 0.29) is 6.67 Å². The largest absolute Gasteiger partial charge is 0.339 e. The van der Waals surface area contributed by atoms with Gasteiger partial charge >= 0.3 is 0 Å². The van der Waals surface area contributed by atoms with Gasteiger partial charge in [-0.15, -0.1) is 0 Å². The Kier molecular flexibility index (Phi) is 4.82. The fourth-order valence-electron chi connectivity index (χ4n) is 4.20. The fourth-order valence-corrected chi connectivity index (χ4v) is 4.20. The summed E-state index contributed by atoms with van der Waals surface area (Å²) in [6, 6.07) is 0.564. The molecule has 1 amide bonds. The van der Waals surface area contributed by atoms with Crippen molar-refractivity contribution in [3.63, 3.8) is 0 Å². The zero-order valence-corrected chi connectivity index (χ0v) is 13.2. The van der Waals surface area contributed by atoms with Crippen LogP contribution in [0.3, 0.4) is 0 Å². The van der Waals surface area contributed by atoms with Gasteiger partial charge in [0.05, 0.1) is 6.67 Å². The number of alkyl halides is 1. The Morgan fingerprint density at radius 1 is 1.14 bits per heavy atom. The highest BCUT2D eigenvalue weighted by Gasteiger charge is 2.45. The van der Waals surface area contributed by atoms with Crippen molar-refractivity contribution in [3.8, 4) is 0 Å². The van der Waals surface area contributed by atoms with E-state index in [1.807, 2.05) is 0 Å². The first kappa shape index (κ1) is 15.3. The molecule has 1 spiro atoms. The number of unbranched alkanes of at least 4 members (excludes halogenated alkanes) is 2. The molecule has 4 heteroatoms. The van der Waals surface area contributed by atoms with Crippen LogP contribution in [0.1, 0.15) is 57.8 Å². The smallest absolute Gasteiger partial charge is 0.222 e. The number of hydrogen-bond donors (Lipinski definition) is 0. The molecule has 0 aromatic heterocycles. The number of carbonyl (C=O) groups excluding carboxylic acids is 1. The molecule has 0 radical (unpaired) electrons. The third-order valence-corrected chi connectivity index (χ3v) is 5.53. The van der Waals surface area contributed by atoms with E-state index in [0.29, 0.717) is 23.8 Å². The molecule has 3 aliphatic rings. The lowest BCUT2D eigenvalue weighted by Crippen LogP contribution is -2.54. The van der Waals surface area contributed by atoms with E-state index in [1.165, 1.54) is 32.2 Å². The Bertz CT molecular complexity index is 372. The summed E-state index contributed by atoms with van der Waals surface area (Å²) < 4.78 is 12.2. The predicted molar refractivity (Wildman–Crippen MR) is 81.9 cm³/mol. The molecule has 3 nitrogen and oxygen atoms in total. The summed E-state index contributed by atoms with van der Waals surface area (Å²) in [7, 11) is 0. The van der Waals surface area contributed by atoms with Gasteiger partial charge in [0.1, 0.15) is 0 Å². The van der Waals surface area contributed by atoms with Gasteiger partial charge in [0.25, 0.3) is 0 Å². The second-order valence-corrected chi connectivity index (χ2v) is 7.38. The second kappa shape index (κ2) is 6.64. The monoisotopic (exact) mass is 296 g/mol. The van der Waals surface area contributed by atoms with Crippen molar-refractivity contribution >= 4 is 5.91 Å². The van der Waals surface area contributed by atoms with Crippen molar-refractivity contribution in [2.24, 2.45) is 5.41 Å². The van der Waals surface area contributed by atoms with Gasteiger partial charge in [0.15, 0.2) is 0 Å². The van der Waals surface area contributed by atoms with Crippen LogP contribution in [0.15, 0.2) is 0 Å². The van der Waals surface area contributed by atoms with Crippen molar-refractivity contribution in [2.45, 2.75) is 63.8 Å². The number of nitrogens with zero attached hydrogens (tertiary/aromatic N) is 2. The maximum absolute atomic E-state index is 12.2. The van der Waals surface area contributed by atoms with Crippen LogP contribution in [0, 0.1) is 5.41 Å². The molecule has 0 aromatic rings. The van der Waals surface area contributed by atoms with Crippen molar-refractivity contribution in [1.82, 2.24) is 9.80 Å². The molecule has 0 unspecified atom stereocenters.